The van der Waals surface area contributed by atoms with Crippen LogP contribution in [-0.4, -0.2) is 9.97 Å². The van der Waals surface area contributed by atoms with Crippen LogP contribution in [0.2, 0.25) is 10.3 Å². The summed E-state index contributed by atoms with van der Waals surface area (Å²) in [7, 11) is 0. The predicted octanol–water partition coefficient (Wildman–Crippen LogP) is 10.1. The summed E-state index contributed by atoms with van der Waals surface area (Å²) in [6.07, 6.45) is 1.42. The van der Waals surface area contributed by atoms with Gasteiger partial charge in [-0.25, -0.2) is 9.97 Å². The van der Waals surface area contributed by atoms with Gasteiger partial charge in [0.15, 0.2) is 0 Å². The van der Waals surface area contributed by atoms with Crippen LogP contribution < -0.4 is 4.74 Å². The van der Waals surface area contributed by atoms with Gasteiger partial charge in [0.05, 0.1) is 11.4 Å². The Labute approximate surface area is 250 Å². The molecule has 0 spiro atoms. The molecule has 0 amide bonds. The van der Waals surface area contributed by atoms with Gasteiger partial charge < -0.3 is 4.74 Å². The first-order valence-electron chi connectivity index (χ1n) is 13.4. The molecule has 0 aliphatic rings. The van der Waals surface area contributed by atoms with E-state index >= 15 is 0 Å². The lowest BCUT2D eigenvalue weighted by Crippen LogP contribution is -1.99. The molecule has 0 saturated carbocycles. The van der Waals surface area contributed by atoms with E-state index in [0.29, 0.717) is 23.1 Å². The summed E-state index contributed by atoms with van der Waals surface area (Å²) >= 11 is 12.4. The van der Waals surface area contributed by atoms with Crippen LogP contribution in [0.3, 0.4) is 0 Å². The summed E-state index contributed by atoms with van der Waals surface area (Å²) in [6, 6.07) is 44.5. The highest BCUT2D eigenvalue weighted by molar-refractivity contribution is 6.29. The van der Waals surface area contributed by atoms with Crippen LogP contribution >= 0.6 is 23.2 Å². The van der Waals surface area contributed by atoms with Gasteiger partial charge in [-0.1, -0.05) is 96.0 Å². The first-order chi connectivity index (χ1) is 20.1. The van der Waals surface area contributed by atoms with Gasteiger partial charge in [0.25, 0.3) is 0 Å². The quantitative estimate of drug-likeness (QED) is 0.170. The highest BCUT2D eigenvalue weighted by atomic mass is 35.5. The zero-order valence-electron chi connectivity index (χ0n) is 22.2. The lowest BCUT2D eigenvalue weighted by molar-refractivity contribution is 0.472. The molecule has 0 atom stereocenters. The van der Waals surface area contributed by atoms with Crippen LogP contribution in [0.15, 0.2) is 133 Å². The fraction of sp³-hybridized carbons (Fsp3) is 0.0556. The Morgan fingerprint density at radius 3 is 1.32 bits per heavy atom. The molecule has 200 valence electrons. The number of ether oxygens (including phenoxy) is 1. The van der Waals surface area contributed by atoms with Crippen molar-refractivity contribution in [2.45, 2.75) is 12.8 Å². The highest BCUT2D eigenvalue weighted by Crippen LogP contribution is 2.35. The molecule has 5 heteroatoms. The normalized spacial score (nSPS) is 10.9. The number of benzene rings is 4. The van der Waals surface area contributed by atoms with Crippen molar-refractivity contribution in [2.75, 3.05) is 0 Å². The van der Waals surface area contributed by atoms with E-state index in [9.17, 15) is 0 Å². The Hall–Kier alpha value is -4.44. The minimum absolute atomic E-state index is 0.465. The van der Waals surface area contributed by atoms with E-state index in [0.717, 1.165) is 45.1 Å². The molecule has 0 saturated heterocycles. The van der Waals surface area contributed by atoms with Crippen molar-refractivity contribution in [1.82, 2.24) is 9.97 Å². The largest absolute Gasteiger partial charge is 0.457 e. The van der Waals surface area contributed by atoms with E-state index in [4.69, 9.17) is 27.9 Å². The van der Waals surface area contributed by atoms with Crippen molar-refractivity contribution >= 4 is 23.2 Å². The zero-order valence-corrected chi connectivity index (χ0v) is 23.7. The Morgan fingerprint density at radius 2 is 0.902 bits per heavy atom. The standard InChI is InChI=1S/C36H26Cl2N2O/c37-35-15-7-13-31(39-35)27-17-19-33(29(23-27)21-25-9-3-1-4-10-25)41-34-20-18-28(32-14-8-16-36(38)40-32)24-30(34)22-26-11-5-2-6-12-26/h1-20,23-24H,21-22H2. The van der Waals surface area contributed by atoms with Gasteiger partial charge in [0.2, 0.25) is 0 Å². The number of nitrogens with zero attached hydrogens (tertiary/aromatic N) is 2. The number of halogens is 2. The second-order valence-electron chi connectivity index (χ2n) is 9.76. The molecule has 0 unspecified atom stereocenters. The van der Waals surface area contributed by atoms with Gasteiger partial charge in [0.1, 0.15) is 21.8 Å². The maximum absolute atomic E-state index is 6.72. The van der Waals surface area contributed by atoms with E-state index in [1.165, 1.54) is 11.1 Å². The minimum Gasteiger partial charge on any atom is -0.457 e. The molecular formula is C36H26Cl2N2O. The average molecular weight is 574 g/mol. The average Bonchev–Trinajstić information content (AvgIpc) is 3.00. The maximum atomic E-state index is 6.72. The van der Waals surface area contributed by atoms with Gasteiger partial charge in [-0.2, -0.15) is 0 Å². The minimum atomic E-state index is 0.465. The van der Waals surface area contributed by atoms with Crippen molar-refractivity contribution in [3.8, 4) is 34.0 Å². The molecule has 0 N–H and O–H groups in total. The molecule has 6 rings (SSSR count). The fourth-order valence-corrected chi connectivity index (χ4v) is 5.17. The molecule has 41 heavy (non-hydrogen) atoms. The van der Waals surface area contributed by atoms with E-state index < -0.39 is 0 Å². The van der Waals surface area contributed by atoms with E-state index in [1.807, 2.05) is 60.7 Å². The van der Waals surface area contributed by atoms with Gasteiger partial charge in [-0.15, -0.1) is 0 Å². The molecule has 2 heterocycles. The third-order valence-corrected chi connectivity index (χ3v) is 7.26. The van der Waals surface area contributed by atoms with Crippen molar-refractivity contribution in [3.63, 3.8) is 0 Å². The number of aromatic nitrogens is 2. The Morgan fingerprint density at radius 1 is 0.463 bits per heavy atom. The molecule has 0 aliphatic carbocycles. The molecule has 0 fully saturated rings. The zero-order chi connectivity index (χ0) is 28.0. The van der Waals surface area contributed by atoms with Gasteiger partial charge in [-0.05, 0) is 82.9 Å². The Bertz CT molecular complexity index is 1660. The molecule has 0 bridgehead atoms. The third kappa shape index (κ3) is 6.66. The Kier molecular flexibility index (Phi) is 8.09. The van der Waals surface area contributed by atoms with Crippen LogP contribution in [-0.2, 0) is 12.8 Å². The number of hydrogen-bond donors (Lipinski definition) is 0. The molecule has 3 nitrogen and oxygen atoms in total. The summed E-state index contributed by atoms with van der Waals surface area (Å²) < 4.78 is 6.72. The van der Waals surface area contributed by atoms with E-state index in [2.05, 4.69) is 70.6 Å². The van der Waals surface area contributed by atoms with Crippen LogP contribution in [0.25, 0.3) is 22.5 Å². The van der Waals surface area contributed by atoms with Gasteiger partial charge in [0, 0.05) is 24.0 Å². The van der Waals surface area contributed by atoms with Crippen LogP contribution in [0.4, 0.5) is 0 Å². The molecule has 4 aromatic carbocycles. The smallest absolute Gasteiger partial charge is 0.131 e. The SMILES string of the molecule is Clc1cccc(-c2ccc(Oc3ccc(-c4cccc(Cl)n4)cc3Cc3ccccc3)c(Cc3ccccc3)c2)n1. The lowest BCUT2D eigenvalue weighted by Gasteiger charge is -2.17. The molecular weight excluding hydrogens is 547 g/mol. The first-order valence-corrected chi connectivity index (χ1v) is 14.1. The highest BCUT2D eigenvalue weighted by Gasteiger charge is 2.14. The maximum Gasteiger partial charge on any atom is 0.131 e. The van der Waals surface area contributed by atoms with Crippen molar-refractivity contribution in [3.05, 3.63) is 166 Å². The summed E-state index contributed by atoms with van der Waals surface area (Å²) in [5.41, 5.74) is 8.11. The van der Waals surface area contributed by atoms with Crippen LogP contribution in [0.1, 0.15) is 22.3 Å². The predicted molar refractivity (Wildman–Crippen MR) is 168 cm³/mol. The number of pyridine rings is 2. The monoisotopic (exact) mass is 572 g/mol. The van der Waals surface area contributed by atoms with Crippen LogP contribution in [0.5, 0.6) is 11.5 Å². The molecule has 0 aliphatic heterocycles. The van der Waals surface area contributed by atoms with Crippen molar-refractivity contribution in [2.24, 2.45) is 0 Å². The van der Waals surface area contributed by atoms with Crippen molar-refractivity contribution in [1.29, 1.82) is 0 Å². The van der Waals surface area contributed by atoms with E-state index in [1.54, 1.807) is 12.1 Å². The van der Waals surface area contributed by atoms with Crippen molar-refractivity contribution < 1.29 is 4.74 Å². The third-order valence-electron chi connectivity index (χ3n) is 6.84. The molecule has 0 radical (unpaired) electrons. The summed E-state index contributed by atoms with van der Waals surface area (Å²) in [4.78, 5) is 9.04. The van der Waals surface area contributed by atoms with Gasteiger partial charge >= 0.3 is 0 Å². The summed E-state index contributed by atoms with van der Waals surface area (Å²) in [5.74, 6) is 1.59. The van der Waals surface area contributed by atoms with Crippen LogP contribution in [0, 0.1) is 0 Å². The first kappa shape index (κ1) is 26.8. The molecule has 6 aromatic rings. The second kappa shape index (κ2) is 12.4. The van der Waals surface area contributed by atoms with Gasteiger partial charge in [-0.3, -0.25) is 0 Å². The number of hydrogen-bond acceptors (Lipinski definition) is 3. The topological polar surface area (TPSA) is 35.0 Å². The fourth-order valence-electron chi connectivity index (χ4n) is 4.84. The Balaban J connectivity index is 1.41. The summed E-state index contributed by atoms with van der Waals surface area (Å²) in [6.45, 7) is 0. The number of rotatable bonds is 8. The molecule has 2 aromatic heterocycles. The lowest BCUT2D eigenvalue weighted by atomic mass is 9.99. The second-order valence-corrected chi connectivity index (χ2v) is 10.5. The summed E-state index contributed by atoms with van der Waals surface area (Å²) in [5, 5.41) is 0.930. The van der Waals surface area contributed by atoms with E-state index in [-0.39, 0.29) is 0 Å².